The summed E-state index contributed by atoms with van der Waals surface area (Å²) >= 11 is 1.50. The van der Waals surface area contributed by atoms with Gasteiger partial charge in [0.2, 0.25) is 0 Å². The van der Waals surface area contributed by atoms with Crippen molar-refractivity contribution in [2.75, 3.05) is 25.6 Å². The highest BCUT2D eigenvalue weighted by atomic mass is 32.1. The summed E-state index contributed by atoms with van der Waals surface area (Å²) in [5.41, 5.74) is 1.58. The van der Waals surface area contributed by atoms with Crippen LogP contribution in [0.1, 0.15) is 0 Å². The van der Waals surface area contributed by atoms with Gasteiger partial charge in [-0.2, -0.15) is 0 Å². The van der Waals surface area contributed by atoms with Crippen LogP contribution in [0.25, 0.3) is 11.3 Å². The molecule has 0 saturated carbocycles. The number of hydrogen-bond acceptors (Lipinski definition) is 4. The monoisotopic (exact) mass is 252 g/mol. The molecule has 0 spiro atoms. The quantitative estimate of drug-likeness (QED) is 0.831. The van der Waals surface area contributed by atoms with Crippen LogP contribution in [0, 0.1) is 5.82 Å². The predicted molar refractivity (Wildman–Crippen MR) is 67.9 cm³/mol. The number of hydrogen-bond donors (Lipinski definition) is 1. The standard InChI is InChI=1S/C12H13FN2OS/c1-16-6-5-14-12-15-11(8-17-12)9-3-2-4-10(13)7-9/h2-4,7-8H,5-6H2,1H3,(H,14,15). The van der Waals surface area contributed by atoms with E-state index in [0.717, 1.165) is 16.4 Å². The molecule has 1 aromatic heterocycles. The molecule has 1 N–H and O–H groups in total. The fraction of sp³-hybridized carbons (Fsp3) is 0.250. The van der Waals surface area contributed by atoms with Crippen LogP contribution in [0.5, 0.6) is 0 Å². The Morgan fingerprint density at radius 3 is 3.12 bits per heavy atom. The SMILES string of the molecule is COCCNc1nc(-c2cccc(F)c2)cs1. The molecular weight excluding hydrogens is 239 g/mol. The molecule has 1 heterocycles. The molecule has 3 nitrogen and oxygen atoms in total. The fourth-order valence-corrected chi connectivity index (χ4v) is 2.14. The lowest BCUT2D eigenvalue weighted by Gasteiger charge is -2.00. The summed E-state index contributed by atoms with van der Waals surface area (Å²) < 4.78 is 18.0. The van der Waals surface area contributed by atoms with E-state index in [0.29, 0.717) is 13.2 Å². The Morgan fingerprint density at radius 1 is 1.47 bits per heavy atom. The van der Waals surface area contributed by atoms with Crippen LogP contribution in [0.15, 0.2) is 29.6 Å². The number of halogens is 1. The van der Waals surface area contributed by atoms with Crippen molar-refractivity contribution in [1.29, 1.82) is 0 Å². The maximum Gasteiger partial charge on any atom is 0.183 e. The number of ether oxygens (including phenoxy) is 1. The first-order valence-corrected chi connectivity index (χ1v) is 6.12. The van der Waals surface area contributed by atoms with Crippen molar-refractivity contribution in [3.63, 3.8) is 0 Å². The number of aromatic nitrogens is 1. The predicted octanol–water partition coefficient (Wildman–Crippen LogP) is 3.01. The highest BCUT2D eigenvalue weighted by Crippen LogP contribution is 2.24. The van der Waals surface area contributed by atoms with Crippen LogP contribution in [-0.4, -0.2) is 25.2 Å². The molecule has 2 aromatic rings. The van der Waals surface area contributed by atoms with E-state index >= 15 is 0 Å². The van der Waals surface area contributed by atoms with Crippen LogP contribution < -0.4 is 5.32 Å². The zero-order chi connectivity index (χ0) is 12.1. The van der Waals surface area contributed by atoms with E-state index in [2.05, 4.69) is 10.3 Å². The zero-order valence-corrected chi connectivity index (χ0v) is 10.3. The Balaban J connectivity index is 2.07. The Bertz CT molecular complexity index is 487. The van der Waals surface area contributed by atoms with Crippen molar-refractivity contribution < 1.29 is 9.13 Å². The van der Waals surface area contributed by atoms with E-state index in [1.54, 1.807) is 13.2 Å². The number of nitrogens with zero attached hydrogens (tertiary/aromatic N) is 1. The Hall–Kier alpha value is -1.46. The topological polar surface area (TPSA) is 34.1 Å². The Morgan fingerprint density at radius 2 is 2.35 bits per heavy atom. The first kappa shape index (κ1) is 12.0. The molecule has 17 heavy (non-hydrogen) atoms. The van der Waals surface area contributed by atoms with Crippen molar-refractivity contribution in [3.8, 4) is 11.3 Å². The van der Waals surface area contributed by atoms with Gasteiger partial charge in [0.05, 0.1) is 12.3 Å². The Kier molecular flexibility index (Phi) is 4.06. The summed E-state index contributed by atoms with van der Waals surface area (Å²) in [6.07, 6.45) is 0. The van der Waals surface area contributed by atoms with Crippen LogP contribution in [-0.2, 0) is 4.74 Å². The van der Waals surface area contributed by atoms with Gasteiger partial charge in [0.15, 0.2) is 5.13 Å². The Labute approximate surface area is 103 Å². The number of nitrogens with one attached hydrogen (secondary N) is 1. The molecule has 1 aromatic carbocycles. The van der Waals surface area contributed by atoms with Crippen molar-refractivity contribution >= 4 is 16.5 Å². The van der Waals surface area contributed by atoms with Gasteiger partial charge in [-0.15, -0.1) is 11.3 Å². The number of benzene rings is 1. The van der Waals surface area contributed by atoms with Gasteiger partial charge in [0.1, 0.15) is 5.82 Å². The van der Waals surface area contributed by atoms with E-state index < -0.39 is 0 Å². The molecule has 0 atom stereocenters. The van der Waals surface area contributed by atoms with E-state index in [4.69, 9.17) is 4.74 Å². The largest absolute Gasteiger partial charge is 0.383 e. The van der Waals surface area contributed by atoms with Crippen LogP contribution in [0.2, 0.25) is 0 Å². The average molecular weight is 252 g/mol. The van der Waals surface area contributed by atoms with Gasteiger partial charge >= 0.3 is 0 Å². The summed E-state index contributed by atoms with van der Waals surface area (Å²) in [5.74, 6) is -0.246. The molecule has 90 valence electrons. The molecule has 0 aliphatic heterocycles. The van der Waals surface area contributed by atoms with Crippen molar-refractivity contribution in [3.05, 3.63) is 35.5 Å². The second-order valence-electron chi connectivity index (χ2n) is 3.47. The summed E-state index contributed by atoms with van der Waals surface area (Å²) in [7, 11) is 1.65. The molecule has 0 fully saturated rings. The van der Waals surface area contributed by atoms with Crippen LogP contribution in [0.4, 0.5) is 9.52 Å². The normalized spacial score (nSPS) is 10.5. The van der Waals surface area contributed by atoms with Gasteiger partial charge in [0, 0.05) is 24.6 Å². The van der Waals surface area contributed by atoms with Crippen molar-refractivity contribution in [2.24, 2.45) is 0 Å². The minimum absolute atomic E-state index is 0.246. The first-order valence-electron chi connectivity index (χ1n) is 5.24. The van der Waals surface area contributed by atoms with Gasteiger partial charge in [0.25, 0.3) is 0 Å². The molecular formula is C12H13FN2OS. The highest BCUT2D eigenvalue weighted by Gasteiger charge is 2.04. The third kappa shape index (κ3) is 3.25. The van der Waals surface area contributed by atoms with Gasteiger partial charge in [-0.25, -0.2) is 9.37 Å². The van der Waals surface area contributed by atoms with Gasteiger partial charge < -0.3 is 10.1 Å². The summed E-state index contributed by atoms with van der Waals surface area (Å²) in [4.78, 5) is 4.38. The summed E-state index contributed by atoms with van der Waals surface area (Å²) in [5, 5.41) is 5.87. The number of anilines is 1. The first-order chi connectivity index (χ1) is 8.29. The molecule has 0 aliphatic rings. The molecule has 2 rings (SSSR count). The van der Waals surface area contributed by atoms with Crippen LogP contribution in [0.3, 0.4) is 0 Å². The summed E-state index contributed by atoms with van der Waals surface area (Å²) in [6, 6.07) is 6.43. The van der Waals surface area contributed by atoms with Crippen LogP contribution >= 0.6 is 11.3 Å². The average Bonchev–Trinajstić information content (AvgIpc) is 2.78. The molecule has 0 unspecified atom stereocenters. The third-order valence-electron chi connectivity index (χ3n) is 2.21. The minimum atomic E-state index is -0.246. The molecule has 0 aliphatic carbocycles. The lowest BCUT2D eigenvalue weighted by atomic mass is 10.2. The molecule has 0 bridgehead atoms. The second kappa shape index (κ2) is 5.75. The number of thiazole rings is 1. The van der Waals surface area contributed by atoms with Crippen molar-refractivity contribution in [2.45, 2.75) is 0 Å². The van der Waals surface area contributed by atoms with Crippen molar-refractivity contribution in [1.82, 2.24) is 4.98 Å². The third-order valence-corrected chi connectivity index (χ3v) is 3.01. The smallest absolute Gasteiger partial charge is 0.183 e. The maximum atomic E-state index is 13.1. The number of rotatable bonds is 5. The molecule has 0 saturated heterocycles. The lowest BCUT2D eigenvalue weighted by molar-refractivity contribution is 0.211. The zero-order valence-electron chi connectivity index (χ0n) is 9.44. The highest BCUT2D eigenvalue weighted by molar-refractivity contribution is 7.14. The van der Waals surface area contributed by atoms with E-state index in [-0.39, 0.29) is 5.82 Å². The molecule has 0 amide bonds. The summed E-state index contributed by atoms with van der Waals surface area (Å²) in [6.45, 7) is 1.35. The minimum Gasteiger partial charge on any atom is -0.383 e. The maximum absolute atomic E-state index is 13.1. The fourth-order valence-electron chi connectivity index (χ4n) is 1.40. The van der Waals surface area contributed by atoms with Gasteiger partial charge in [-0.1, -0.05) is 12.1 Å². The van der Waals surface area contributed by atoms with Gasteiger partial charge in [-0.3, -0.25) is 0 Å². The molecule has 0 radical (unpaired) electrons. The molecule has 5 heteroatoms. The second-order valence-corrected chi connectivity index (χ2v) is 4.33. The lowest BCUT2D eigenvalue weighted by Crippen LogP contribution is -2.06. The van der Waals surface area contributed by atoms with E-state index in [9.17, 15) is 4.39 Å². The number of methoxy groups -OCH3 is 1. The van der Waals surface area contributed by atoms with Gasteiger partial charge in [-0.05, 0) is 12.1 Å². The van der Waals surface area contributed by atoms with E-state index in [1.165, 1.54) is 23.5 Å². The van der Waals surface area contributed by atoms with E-state index in [1.807, 2.05) is 11.4 Å².